The molecule has 286 valence electrons. The van der Waals surface area contributed by atoms with Gasteiger partial charge in [-0.15, -0.1) is 11.3 Å². The summed E-state index contributed by atoms with van der Waals surface area (Å²) >= 11 is 1.42. The van der Waals surface area contributed by atoms with E-state index in [-0.39, 0.29) is 0 Å². The average molecular weight is 811 g/mol. The molecule has 2 aromatic heterocycles. The number of thiazole rings is 1. The first kappa shape index (κ1) is 39.0. The Kier molecular flexibility index (Phi) is 10.3. The normalized spacial score (nSPS) is 15.4. The first-order valence-corrected chi connectivity index (χ1v) is 20.5. The summed E-state index contributed by atoms with van der Waals surface area (Å²) in [6.45, 7) is 8.69. The van der Waals surface area contributed by atoms with E-state index in [9.17, 15) is 43.2 Å². The molecule has 0 fully saturated rings. The molecule has 0 saturated carbocycles. The number of rotatable bonds is 10. The van der Waals surface area contributed by atoms with Crippen molar-refractivity contribution in [3.05, 3.63) is 95.5 Å². The molecule has 0 aliphatic carbocycles. The van der Waals surface area contributed by atoms with Gasteiger partial charge in [0.1, 0.15) is 10.8 Å². The van der Waals surface area contributed by atoms with Crippen LogP contribution in [0.3, 0.4) is 0 Å². The maximum atomic E-state index is 13.5. The molecule has 18 heteroatoms. The molecule has 3 heterocycles. The minimum atomic E-state index is -5.59. The first-order chi connectivity index (χ1) is 25.4. The molecule has 9 nitrogen and oxygen atoms in total. The van der Waals surface area contributed by atoms with Crippen molar-refractivity contribution in [2.24, 2.45) is 0 Å². The van der Waals surface area contributed by atoms with Gasteiger partial charge in [-0.25, -0.2) is 31.0 Å². The van der Waals surface area contributed by atoms with Crippen molar-refractivity contribution in [2.75, 3.05) is 22.9 Å². The summed E-state index contributed by atoms with van der Waals surface area (Å²) in [5.41, 5.74) is -7.93. The Balaban J connectivity index is 1.51. The highest BCUT2D eigenvalue weighted by atomic mass is 32.2. The van der Waals surface area contributed by atoms with Crippen LogP contribution in [0.4, 0.5) is 37.7 Å². The average Bonchev–Trinajstić information content (AvgIpc) is 3.78. The SMILES string of the molecule is CCN1C(=CC=C(C=Cc2n(CC)c3cc(S(=O)(=O)C(F)(F)F)ccc3[n+]2CC)c2nc3ccccc3s2)N(CC)c2cc(S(=O)(=O)C(F)(F)F)ccc21. The van der Waals surface area contributed by atoms with Gasteiger partial charge in [0.15, 0.2) is 11.0 Å². The molecule has 5 aromatic rings. The lowest BCUT2D eigenvalue weighted by Crippen LogP contribution is -2.35. The molecule has 0 saturated heterocycles. The monoisotopic (exact) mass is 810 g/mol. The van der Waals surface area contributed by atoms with E-state index in [1.54, 1.807) is 47.6 Å². The van der Waals surface area contributed by atoms with E-state index in [1.807, 2.05) is 47.6 Å². The summed E-state index contributed by atoms with van der Waals surface area (Å²) in [5, 5.41) is 0.616. The number of aryl methyl sites for hydroxylation is 2. The maximum Gasteiger partial charge on any atom is 0.501 e. The van der Waals surface area contributed by atoms with E-state index < -0.39 is 40.5 Å². The number of hydrogen-bond donors (Lipinski definition) is 0. The van der Waals surface area contributed by atoms with Crippen molar-refractivity contribution in [2.45, 2.75) is 61.6 Å². The van der Waals surface area contributed by atoms with E-state index in [1.165, 1.54) is 23.5 Å². The zero-order valence-electron chi connectivity index (χ0n) is 29.3. The van der Waals surface area contributed by atoms with Crippen LogP contribution < -0.4 is 14.4 Å². The number of allylic oxidation sites excluding steroid dienone is 4. The predicted octanol–water partition coefficient (Wildman–Crippen LogP) is 8.47. The Labute approximate surface area is 311 Å². The van der Waals surface area contributed by atoms with E-state index in [4.69, 9.17) is 4.98 Å². The van der Waals surface area contributed by atoms with Gasteiger partial charge in [-0.05, 0) is 88.4 Å². The quantitative estimate of drug-likeness (QED) is 0.0794. The van der Waals surface area contributed by atoms with Crippen LogP contribution in [-0.4, -0.2) is 50.5 Å². The summed E-state index contributed by atoms with van der Waals surface area (Å²) in [6.07, 6.45) is 7.12. The zero-order chi connectivity index (χ0) is 39.4. The summed E-state index contributed by atoms with van der Waals surface area (Å²) in [7, 11) is -11.2. The molecule has 0 amide bonds. The number of sulfone groups is 2. The number of aromatic nitrogens is 3. The standard InChI is InChI=1S/C36H34F6N5O4S3/c1-5-44-27-17-15-24(53(48,49)35(37,38)39)21-29(27)46(7-3)32(44)19-13-23(34-43-26-11-9-10-12-31(26)52-34)14-20-33-45(6-2)28-18-16-25(22-30(28)47(33)8-4)54(50,51)36(40,41)42/h9-22H,5-8H2,1-4H3/q+1. The van der Waals surface area contributed by atoms with Crippen LogP contribution in [0.5, 0.6) is 0 Å². The predicted molar refractivity (Wildman–Crippen MR) is 197 cm³/mol. The third-order valence-corrected chi connectivity index (χ3v) is 13.1. The highest BCUT2D eigenvalue weighted by Gasteiger charge is 2.48. The number of hydrogen-bond acceptors (Lipinski definition) is 8. The van der Waals surface area contributed by atoms with Gasteiger partial charge in [0.05, 0.1) is 44.5 Å². The fourth-order valence-corrected chi connectivity index (χ4v) is 9.03. The molecular formula is C36H34F6N5O4S3+. The van der Waals surface area contributed by atoms with Crippen molar-refractivity contribution in [3.63, 3.8) is 0 Å². The largest absolute Gasteiger partial charge is 0.501 e. The van der Waals surface area contributed by atoms with Gasteiger partial charge < -0.3 is 9.80 Å². The van der Waals surface area contributed by atoms with Crippen LogP contribution in [0.25, 0.3) is 32.9 Å². The van der Waals surface area contributed by atoms with Crippen LogP contribution in [0.2, 0.25) is 0 Å². The van der Waals surface area contributed by atoms with Crippen molar-refractivity contribution in [1.29, 1.82) is 0 Å². The lowest BCUT2D eigenvalue weighted by molar-refractivity contribution is -0.670. The second kappa shape index (κ2) is 14.2. The lowest BCUT2D eigenvalue weighted by Gasteiger charge is -2.23. The number of nitrogens with zero attached hydrogens (tertiary/aromatic N) is 5. The first-order valence-electron chi connectivity index (χ1n) is 16.7. The van der Waals surface area contributed by atoms with E-state index >= 15 is 0 Å². The second-order valence-electron chi connectivity index (χ2n) is 12.0. The van der Waals surface area contributed by atoms with Crippen LogP contribution >= 0.6 is 11.3 Å². The highest BCUT2D eigenvalue weighted by Crippen LogP contribution is 2.44. The van der Waals surface area contributed by atoms with Crippen molar-refractivity contribution < 1.29 is 47.7 Å². The minimum absolute atomic E-state index is 0.296. The molecular weight excluding hydrogens is 777 g/mol. The van der Waals surface area contributed by atoms with Crippen molar-refractivity contribution in [3.8, 4) is 0 Å². The minimum Gasteiger partial charge on any atom is -0.326 e. The lowest BCUT2D eigenvalue weighted by atomic mass is 10.2. The number of benzene rings is 3. The van der Waals surface area contributed by atoms with E-state index in [0.29, 0.717) is 70.8 Å². The number of fused-ring (bicyclic) bond motifs is 3. The number of para-hydroxylation sites is 1. The Morgan fingerprint density at radius 3 is 2.00 bits per heavy atom. The van der Waals surface area contributed by atoms with Crippen LogP contribution in [0.1, 0.15) is 38.5 Å². The third kappa shape index (κ3) is 6.57. The number of imidazole rings is 1. The Hall–Kier alpha value is -4.68. The summed E-state index contributed by atoms with van der Waals surface area (Å²) < 4.78 is 134. The Morgan fingerprint density at radius 1 is 0.796 bits per heavy atom. The van der Waals surface area contributed by atoms with Crippen molar-refractivity contribution >= 4 is 75.3 Å². The third-order valence-electron chi connectivity index (χ3n) is 9.02. The molecule has 1 aliphatic heterocycles. The summed E-state index contributed by atoms with van der Waals surface area (Å²) in [5.74, 6) is 1.15. The molecule has 1 aliphatic rings. The maximum absolute atomic E-state index is 13.5. The van der Waals surface area contributed by atoms with Gasteiger partial charge in [0, 0.05) is 30.8 Å². The number of alkyl halides is 6. The fourth-order valence-electron chi connectivity index (χ4n) is 6.49. The molecule has 0 atom stereocenters. The molecule has 0 radical (unpaired) electrons. The second-order valence-corrected chi connectivity index (χ2v) is 16.9. The van der Waals surface area contributed by atoms with Crippen molar-refractivity contribution in [1.82, 2.24) is 9.55 Å². The molecule has 0 spiro atoms. The molecule has 54 heavy (non-hydrogen) atoms. The number of anilines is 2. The van der Waals surface area contributed by atoms with Crippen LogP contribution in [0.15, 0.2) is 94.5 Å². The summed E-state index contributed by atoms with van der Waals surface area (Å²) in [6, 6.07) is 14.2. The van der Waals surface area contributed by atoms with Gasteiger partial charge in [-0.1, -0.05) is 12.1 Å². The number of halogens is 6. The molecule has 0 N–H and O–H groups in total. The Morgan fingerprint density at radius 2 is 1.41 bits per heavy atom. The van der Waals surface area contributed by atoms with Gasteiger partial charge in [-0.3, -0.25) is 0 Å². The molecule has 6 rings (SSSR count). The molecule has 3 aromatic carbocycles. The smallest absolute Gasteiger partial charge is 0.326 e. The van der Waals surface area contributed by atoms with Crippen LogP contribution in [-0.2, 0) is 32.8 Å². The summed E-state index contributed by atoms with van der Waals surface area (Å²) in [4.78, 5) is 6.67. The molecule has 0 unspecified atom stereocenters. The topological polar surface area (TPSA) is 96.5 Å². The van der Waals surface area contributed by atoms with E-state index in [2.05, 4.69) is 0 Å². The van der Waals surface area contributed by atoms with Gasteiger partial charge in [0.25, 0.3) is 25.5 Å². The van der Waals surface area contributed by atoms with Crippen LogP contribution in [0, 0.1) is 0 Å². The van der Waals surface area contributed by atoms with Gasteiger partial charge >= 0.3 is 11.0 Å². The molecule has 0 bridgehead atoms. The zero-order valence-corrected chi connectivity index (χ0v) is 31.7. The van der Waals surface area contributed by atoms with Gasteiger partial charge in [-0.2, -0.15) is 26.3 Å². The highest BCUT2D eigenvalue weighted by molar-refractivity contribution is 7.92. The van der Waals surface area contributed by atoms with Gasteiger partial charge in [0.2, 0.25) is 0 Å². The van der Waals surface area contributed by atoms with E-state index in [0.717, 1.165) is 34.5 Å². The Bertz CT molecular complexity index is 2560. The fraction of sp³-hybridized carbons (Fsp3) is 0.278.